The number of rotatable bonds is 6. The Morgan fingerprint density at radius 1 is 1.29 bits per heavy atom. The molecule has 112 valence electrons. The van der Waals surface area contributed by atoms with E-state index in [0.717, 1.165) is 0 Å². The maximum absolute atomic E-state index is 11.9. The third kappa shape index (κ3) is 6.09. The number of anilines is 1. The van der Waals surface area contributed by atoms with Crippen LogP contribution in [0.15, 0.2) is 24.3 Å². The van der Waals surface area contributed by atoms with Gasteiger partial charge in [-0.3, -0.25) is 9.59 Å². The van der Waals surface area contributed by atoms with Gasteiger partial charge in [-0.25, -0.2) is 0 Å². The average molecular weight is 287 g/mol. The summed E-state index contributed by atoms with van der Waals surface area (Å²) in [4.78, 5) is 25.0. The summed E-state index contributed by atoms with van der Waals surface area (Å²) in [6.07, 6.45) is 0.256. The number of amides is 2. The maximum Gasteiger partial charge on any atom is 0.226 e. The highest BCUT2D eigenvalue weighted by Crippen LogP contribution is 2.09. The summed E-state index contributed by atoms with van der Waals surface area (Å²) in [5.74, 6) is 0.208. The van der Waals surface area contributed by atoms with Crippen molar-refractivity contribution >= 4 is 17.5 Å². The molecule has 0 fully saturated rings. The van der Waals surface area contributed by atoms with Crippen molar-refractivity contribution in [1.82, 2.24) is 4.90 Å². The van der Waals surface area contributed by atoms with Crippen molar-refractivity contribution < 1.29 is 9.59 Å². The number of hydrogen-bond donors (Lipinski definition) is 1. The van der Waals surface area contributed by atoms with Crippen molar-refractivity contribution in [3.05, 3.63) is 29.8 Å². The van der Waals surface area contributed by atoms with Crippen molar-refractivity contribution in [3.8, 4) is 6.07 Å². The zero-order valence-electron chi connectivity index (χ0n) is 12.7. The van der Waals surface area contributed by atoms with E-state index in [1.807, 2.05) is 19.9 Å². The second-order valence-corrected chi connectivity index (χ2v) is 5.35. The molecule has 0 atom stereocenters. The molecule has 5 nitrogen and oxygen atoms in total. The Kier molecular flexibility index (Phi) is 6.41. The Morgan fingerprint density at radius 2 is 1.90 bits per heavy atom. The number of carbonyl (C=O) groups is 2. The smallest absolute Gasteiger partial charge is 0.226 e. The molecular formula is C16H21N3O2. The fourth-order valence-electron chi connectivity index (χ4n) is 1.91. The van der Waals surface area contributed by atoms with E-state index in [4.69, 9.17) is 5.26 Å². The number of carbonyl (C=O) groups excluding carboxylic acids is 2. The monoisotopic (exact) mass is 287 g/mol. The standard InChI is InChI=1S/C16H21N3O2/c1-12(2)11-19(13(3)20)9-8-16(21)18-15-6-4-14(10-17)5-7-15/h4-7,12H,8-9,11H2,1-3H3,(H,18,21). The molecule has 21 heavy (non-hydrogen) atoms. The second kappa shape index (κ2) is 8.05. The highest BCUT2D eigenvalue weighted by Gasteiger charge is 2.12. The third-order valence-electron chi connectivity index (χ3n) is 2.94. The lowest BCUT2D eigenvalue weighted by molar-refractivity contribution is -0.129. The first-order chi connectivity index (χ1) is 9.92. The van der Waals surface area contributed by atoms with E-state index in [-0.39, 0.29) is 18.2 Å². The molecule has 0 aromatic heterocycles. The van der Waals surface area contributed by atoms with Crippen LogP contribution in [0.25, 0.3) is 0 Å². The summed E-state index contributed by atoms with van der Waals surface area (Å²) < 4.78 is 0. The van der Waals surface area contributed by atoms with E-state index in [1.54, 1.807) is 29.2 Å². The van der Waals surface area contributed by atoms with Gasteiger partial charge in [0, 0.05) is 32.1 Å². The zero-order valence-corrected chi connectivity index (χ0v) is 12.7. The van der Waals surface area contributed by atoms with Crippen LogP contribution < -0.4 is 5.32 Å². The molecule has 0 aliphatic rings. The fourth-order valence-corrected chi connectivity index (χ4v) is 1.91. The predicted octanol–water partition coefficient (Wildman–Crippen LogP) is 2.39. The summed E-state index contributed by atoms with van der Waals surface area (Å²) in [6.45, 7) is 6.65. The first-order valence-electron chi connectivity index (χ1n) is 6.98. The van der Waals surface area contributed by atoms with Crippen molar-refractivity contribution in [2.24, 2.45) is 5.92 Å². The first kappa shape index (κ1) is 16.7. The first-order valence-corrected chi connectivity index (χ1v) is 6.98. The van der Waals surface area contributed by atoms with Gasteiger partial charge in [0.1, 0.15) is 0 Å². The number of nitrogens with zero attached hydrogens (tertiary/aromatic N) is 2. The molecule has 0 bridgehead atoms. The Balaban J connectivity index is 2.48. The van der Waals surface area contributed by atoms with Crippen LogP contribution in [0, 0.1) is 17.2 Å². The van der Waals surface area contributed by atoms with Crippen LogP contribution >= 0.6 is 0 Å². The Labute approximate surface area is 125 Å². The molecule has 1 N–H and O–H groups in total. The molecule has 1 aromatic rings. The van der Waals surface area contributed by atoms with Crippen LogP contribution in [-0.4, -0.2) is 29.8 Å². The molecule has 0 heterocycles. The van der Waals surface area contributed by atoms with Crippen molar-refractivity contribution in [2.75, 3.05) is 18.4 Å². The molecule has 1 aromatic carbocycles. The van der Waals surface area contributed by atoms with Crippen LogP contribution in [0.4, 0.5) is 5.69 Å². The van der Waals surface area contributed by atoms with Crippen LogP contribution in [0.3, 0.4) is 0 Å². The van der Waals surface area contributed by atoms with Crippen LogP contribution in [0.2, 0.25) is 0 Å². The van der Waals surface area contributed by atoms with Crippen molar-refractivity contribution in [3.63, 3.8) is 0 Å². The molecule has 0 saturated heterocycles. The largest absolute Gasteiger partial charge is 0.342 e. The zero-order chi connectivity index (χ0) is 15.8. The summed E-state index contributed by atoms with van der Waals surface area (Å²) in [5, 5.41) is 11.5. The molecule has 0 aliphatic heterocycles. The van der Waals surface area contributed by atoms with Crippen LogP contribution in [0.5, 0.6) is 0 Å². The molecule has 5 heteroatoms. The highest BCUT2D eigenvalue weighted by atomic mass is 16.2. The molecule has 0 spiro atoms. The van der Waals surface area contributed by atoms with Gasteiger partial charge >= 0.3 is 0 Å². The summed E-state index contributed by atoms with van der Waals surface area (Å²) in [5.41, 5.74) is 1.20. The van der Waals surface area contributed by atoms with E-state index in [9.17, 15) is 9.59 Å². The lowest BCUT2D eigenvalue weighted by atomic mass is 10.2. The quantitative estimate of drug-likeness (QED) is 0.873. The van der Waals surface area contributed by atoms with E-state index in [1.165, 1.54) is 6.92 Å². The van der Waals surface area contributed by atoms with Gasteiger partial charge in [-0.05, 0) is 30.2 Å². The SMILES string of the molecule is CC(=O)N(CCC(=O)Nc1ccc(C#N)cc1)CC(C)C. The number of nitrogens with one attached hydrogen (secondary N) is 1. The lowest BCUT2D eigenvalue weighted by Gasteiger charge is -2.22. The minimum Gasteiger partial charge on any atom is -0.342 e. The van der Waals surface area contributed by atoms with Gasteiger partial charge in [-0.15, -0.1) is 0 Å². The van der Waals surface area contributed by atoms with E-state index in [0.29, 0.717) is 30.3 Å². The van der Waals surface area contributed by atoms with Gasteiger partial charge in [0.05, 0.1) is 11.6 Å². The van der Waals surface area contributed by atoms with Crippen LogP contribution in [-0.2, 0) is 9.59 Å². The molecule has 0 unspecified atom stereocenters. The van der Waals surface area contributed by atoms with Gasteiger partial charge < -0.3 is 10.2 Å². The van der Waals surface area contributed by atoms with E-state index < -0.39 is 0 Å². The van der Waals surface area contributed by atoms with Gasteiger partial charge in [-0.2, -0.15) is 5.26 Å². The summed E-state index contributed by atoms with van der Waals surface area (Å²) >= 11 is 0. The Bertz CT molecular complexity index is 529. The molecule has 0 aliphatic carbocycles. The normalized spacial score (nSPS) is 10.0. The van der Waals surface area contributed by atoms with E-state index >= 15 is 0 Å². The molecule has 2 amide bonds. The summed E-state index contributed by atoms with van der Waals surface area (Å²) in [7, 11) is 0. The molecule has 0 saturated carbocycles. The fraction of sp³-hybridized carbons (Fsp3) is 0.438. The Hall–Kier alpha value is -2.35. The maximum atomic E-state index is 11.9. The van der Waals surface area contributed by atoms with Gasteiger partial charge in [0.15, 0.2) is 0 Å². The highest BCUT2D eigenvalue weighted by molar-refractivity contribution is 5.91. The van der Waals surface area contributed by atoms with Gasteiger partial charge in [0.2, 0.25) is 11.8 Å². The van der Waals surface area contributed by atoms with Crippen molar-refractivity contribution in [1.29, 1.82) is 5.26 Å². The van der Waals surface area contributed by atoms with E-state index in [2.05, 4.69) is 5.32 Å². The minimum atomic E-state index is -0.144. The second-order valence-electron chi connectivity index (χ2n) is 5.35. The predicted molar refractivity (Wildman–Crippen MR) is 81.5 cm³/mol. The molecule has 1 rings (SSSR count). The summed E-state index contributed by atoms with van der Waals surface area (Å²) in [6, 6.07) is 8.70. The molecule has 0 radical (unpaired) electrons. The number of nitriles is 1. The number of benzene rings is 1. The minimum absolute atomic E-state index is 0.0186. The average Bonchev–Trinajstić information content (AvgIpc) is 2.43. The third-order valence-corrected chi connectivity index (χ3v) is 2.94. The van der Waals surface area contributed by atoms with Gasteiger partial charge in [-0.1, -0.05) is 13.8 Å². The Morgan fingerprint density at radius 3 is 2.38 bits per heavy atom. The van der Waals surface area contributed by atoms with Crippen LogP contribution in [0.1, 0.15) is 32.8 Å². The number of hydrogen-bond acceptors (Lipinski definition) is 3. The van der Waals surface area contributed by atoms with Crippen molar-refractivity contribution in [2.45, 2.75) is 27.2 Å². The molecular weight excluding hydrogens is 266 g/mol. The van der Waals surface area contributed by atoms with Gasteiger partial charge in [0.25, 0.3) is 0 Å². The lowest BCUT2D eigenvalue weighted by Crippen LogP contribution is -2.34. The topological polar surface area (TPSA) is 73.2 Å².